The molecule has 1 unspecified atom stereocenters. The maximum absolute atomic E-state index is 13.2. The first-order valence-electron chi connectivity index (χ1n) is 7.68. The third-order valence-electron chi connectivity index (χ3n) is 3.90. The Bertz CT molecular complexity index is 809. The highest BCUT2D eigenvalue weighted by molar-refractivity contribution is 7.88. The summed E-state index contributed by atoms with van der Waals surface area (Å²) in [4.78, 5) is 8.98. The van der Waals surface area contributed by atoms with Crippen molar-refractivity contribution in [2.75, 3.05) is 13.3 Å². The van der Waals surface area contributed by atoms with Crippen molar-refractivity contribution in [3.63, 3.8) is 0 Å². The van der Waals surface area contributed by atoms with Gasteiger partial charge in [0, 0.05) is 12.6 Å². The van der Waals surface area contributed by atoms with Crippen LogP contribution in [-0.4, -0.2) is 43.7 Å². The van der Waals surface area contributed by atoms with Gasteiger partial charge in [-0.15, -0.1) is 0 Å². The van der Waals surface area contributed by atoms with E-state index in [0.29, 0.717) is 5.71 Å². The molecule has 130 valence electrons. The molecule has 1 heterocycles. The van der Waals surface area contributed by atoms with Gasteiger partial charge in [-0.25, -0.2) is 27.1 Å². The lowest BCUT2D eigenvalue weighted by molar-refractivity contribution is 0.535. The van der Waals surface area contributed by atoms with Crippen molar-refractivity contribution in [3.05, 3.63) is 47.3 Å². The van der Waals surface area contributed by atoms with E-state index in [2.05, 4.69) is 9.98 Å². The van der Waals surface area contributed by atoms with Crippen LogP contribution >= 0.6 is 0 Å². The summed E-state index contributed by atoms with van der Waals surface area (Å²) in [6, 6.07) is 5.78. The molecule has 0 aromatic heterocycles. The Labute approximate surface area is 142 Å². The molecule has 5 nitrogen and oxygen atoms in total. The first kappa shape index (κ1) is 18.3. The third kappa shape index (κ3) is 3.72. The molecule has 0 bridgehead atoms. The fourth-order valence-corrected chi connectivity index (χ4v) is 2.87. The molecule has 1 aromatic carbocycles. The predicted molar refractivity (Wildman–Crippen MR) is 95.4 cm³/mol. The lowest BCUT2D eigenvalue weighted by atomic mass is 9.89. The van der Waals surface area contributed by atoms with Crippen LogP contribution in [0.25, 0.3) is 0 Å². The predicted octanol–water partition coefficient (Wildman–Crippen LogP) is 2.85. The van der Waals surface area contributed by atoms with E-state index in [0.717, 1.165) is 21.7 Å². The lowest BCUT2D eigenvalue weighted by Gasteiger charge is -2.29. The van der Waals surface area contributed by atoms with Crippen LogP contribution in [-0.2, 0) is 10.0 Å². The van der Waals surface area contributed by atoms with Crippen molar-refractivity contribution in [2.24, 2.45) is 15.9 Å². The summed E-state index contributed by atoms with van der Waals surface area (Å²) in [5.74, 6) is -0.0361. The molecular formula is C17H22FN3O2S. The van der Waals surface area contributed by atoms with E-state index < -0.39 is 10.0 Å². The second kappa shape index (κ2) is 6.84. The Morgan fingerprint density at radius 1 is 1.25 bits per heavy atom. The van der Waals surface area contributed by atoms with Crippen molar-refractivity contribution >= 4 is 21.7 Å². The van der Waals surface area contributed by atoms with E-state index in [1.165, 1.54) is 19.2 Å². The van der Waals surface area contributed by atoms with Crippen LogP contribution in [0, 0.1) is 11.7 Å². The van der Waals surface area contributed by atoms with Crippen LogP contribution in [0.5, 0.6) is 0 Å². The summed E-state index contributed by atoms with van der Waals surface area (Å²) < 4.78 is 38.0. The minimum Gasteiger partial charge on any atom is -0.242 e. The van der Waals surface area contributed by atoms with E-state index in [1.54, 1.807) is 12.1 Å². The number of benzene rings is 1. The first-order valence-corrected chi connectivity index (χ1v) is 9.53. The van der Waals surface area contributed by atoms with E-state index >= 15 is 0 Å². The summed E-state index contributed by atoms with van der Waals surface area (Å²) in [5, 5.41) is 0. The van der Waals surface area contributed by atoms with Crippen molar-refractivity contribution in [2.45, 2.75) is 26.8 Å². The number of guanidine groups is 1. The number of halogens is 1. The van der Waals surface area contributed by atoms with Gasteiger partial charge in [0.05, 0.1) is 18.0 Å². The van der Waals surface area contributed by atoms with Gasteiger partial charge in [0.25, 0.3) is 0 Å². The highest BCUT2D eigenvalue weighted by Crippen LogP contribution is 2.26. The normalized spacial score (nSPS) is 20.1. The zero-order chi connectivity index (χ0) is 18.1. The van der Waals surface area contributed by atoms with E-state index in [1.807, 2.05) is 26.8 Å². The van der Waals surface area contributed by atoms with Crippen LogP contribution in [0.1, 0.15) is 26.3 Å². The van der Waals surface area contributed by atoms with Crippen LogP contribution in [0.3, 0.4) is 0 Å². The van der Waals surface area contributed by atoms with Gasteiger partial charge in [-0.05, 0) is 42.7 Å². The Hall–Kier alpha value is -2.02. The lowest BCUT2D eigenvalue weighted by Crippen LogP contribution is -2.38. The summed E-state index contributed by atoms with van der Waals surface area (Å²) in [6.45, 7) is 5.93. The molecule has 1 aromatic rings. The van der Waals surface area contributed by atoms with E-state index in [-0.39, 0.29) is 23.7 Å². The number of rotatable bonds is 3. The quantitative estimate of drug-likeness (QED) is 0.841. The summed E-state index contributed by atoms with van der Waals surface area (Å²) in [6.07, 6.45) is 3.03. The molecule has 0 spiro atoms. The Balaban J connectivity index is 2.62. The van der Waals surface area contributed by atoms with Crippen LogP contribution in [0.15, 0.2) is 45.9 Å². The SMILES string of the molecule is CC=C1C(c2ccc(F)cc2)=NC(N(C)S(C)(=O)=O)=NC1C(C)C. The molecule has 0 saturated heterocycles. The Morgan fingerprint density at radius 2 is 1.83 bits per heavy atom. The Morgan fingerprint density at radius 3 is 2.29 bits per heavy atom. The second-order valence-corrected chi connectivity index (χ2v) is 8.07. The molecule has 24 heavy (non-hydrogen) atoms. The van der Waals surface area contributed by atoms with Gasteiger partial charge < -0.3 is 0 Å². The van der Waals surface area contributed by atoms with Crippen molar-refractivity contribution in [3.8, 4) is 0 Å². The molecule has 0 N–H and O–H groups in total. The number of allylic oxidation sites excluding steroid dienone is 1. The Kier molecular flexibility index (Phi) is 5.22. The standard InChI is InChI=1S/C17H22FN3O2S/c1-6-14-15(11(2)3)19-17(21(4)24(5,22)23)20-16(14)12-7-9-13(18)10-8-12/h6-11,15H,1-5H3. The second-order valence-electron chi connectivity index (χ2n) is 6.06. The third-order valence-corrected chi connectivity index (χ3v) is 5.06. The van der Waals surface area contributed by atoms with Crippen LogP contribution in [0.2, 0.25) is 0 Å². The zero-order valence-corrected chi connectivity index (χ0v) is 15.3. The van der Waals surface area contributed by atoms with Crippen LogP contribution in [0.4, 0.5) is 4.39 Å². The average molecular weight is 351 g/mol. The van der Waals surface area contributed by atoms with Gasteiger partial charge in [-0.1, -0.05) is 19.9 Å². The monoisotopic (exact) mass is 351 g/mol. The molecule has 0 amide bonds. The number of hydrogen-bond acceptors (Lipinski definition) is 4. The fourth-order valence-electron chi connectivity index (χ4n) is 2.48. The topological polar surface area (TPSA) is 62.1 Å². The molecular weight excluding hydrogens is 329 g/mol. The number of aliphatic imine (C=N–C) groups is 2. The highest BCUT2D eigenvalue weighted by atomic mass is 32.2. The van der Waals surface area contributed by atoms with Gasteiger partial charge >= 0.3 is 0 Å². The first-order chi connectivity index (χ1) is 11.1. The number of hydrogen-bond donors (Lipinski definition) is 0. The summed E-state index contributed by atoms with van der Waals surface area (Å²) >= 11 is 0. The van der Waals surface area contributed by atoms with Crippen LogP contribution < -0.4 is 0 Å². The fraction of sp³-hybridized carbons (Fsp3) is 0.412. The van der Waals surface area contributed by atoms with Gasteiger partial charge in [-0.3, -0.25) is 0 Å². The molecule has 0 fully saturated rings. The van der Waals surface area contributed by atoms with E-state index in [4.69, 9.17) is 0 Å². The molecule has 0 aliphatic carbocycles. The van der Waals surface area contributed by atoms with Crippen molar-refractivity contribution < 1.29 is 12.8 Å². The summed E-state index contributed by atoms with van der Waals surface area (Å²) in [7, 11) is -2.04. The minimum atomic E-state index is -3.47. The molecule has 0 radical (unpaired) electrons. The van der Waals surface area contributed by atoms with Crippen molar-refractivity contribution in [1.29, 1.82) is 0 Å². The van der Waals surface area contributed by atoms with Crippen molar-refractivity contribution in [1.82, 2.24) is 4.31 Å². The number of sulfonamides is 1. The molecule has 1 aliphatic rings. The highest BCUT2D eigenvalue weighted by Gasteiger charge is 2.30. The molecule has 7 heteroatoms. The molecule has 2 rings (SSSR count). The van der Waals surface area contributed by atoms with Gasteiger partial charge in [0.15, 0.2) is 0 Å². The largest absolute Gasteiger partial charge is 0.242 e. The van der Waals surface area contributed by atoms with Gasteiger partial charge in [-0.2, -0.15) is 0 Å². The molecule has 1 aliphatic heterocycles. The van der Waals surface area contributed by atoms with Gasteiger partial charge in [0.2, 0.25) is 16.0 Å². The van der Waals surface area contributed by atoms with Gasteiger partial charge in [0.1, 0.15) is 5.82 Å². The summed E-state index contributed by atoms with van der Waals surface area (Å²) in [5.41, 5.74) is 2.25. The molecule has 0 saturated carbocycles. The number of nitrogens with zero attached hydrogens (tertiary/aromatic N) is 3. The zero-order valence-electron chi connectivity index (χ0n) is 14.5. The average Bonchev–Trinajstić information content (AvgIpc) is 2.52. The maximum Gasteiger partial charge on any atom is 0.235 e. The van der Waals surface area contributed by atoms with E-state index in [9.17, 15) is 12.8 Å². The molecule has 1 atom stereocenters. The smallest absolute Gasteiger partial charge is 0.235 e. The minimum absolute atomic E-state index is 0.140. The maximum atomic E-state index is 13.2.